The summed E-state index contributed by atoms with van der Waals surface area (Å²) in [5, 5.41) is 14.4. The van der Waals surface area contributed by atoms with Crippen LogP contribution < -0.4 is 15.4 Å². The van der Waals surface area contributed by atoms with Gasteiger partial charge in [0.25, 0.3) is 11.8 Å². The van der Waals surface area contributed by atoms with E-state index in [1.807, 2.05) is 26.2 Å². The Morgan fingerprint density at radius 3 is 2.58 bits per heavy atom. The molecule has 0 spiro atoms. The number of thiophene rings is 1. The molecule has 0 aliphatic carbocycles. The number of benzene rings is 1. The second-order valence-electron chi connectivity index (χ2n) is 8.62. The average Bonchev–Trinajstić information content (AvgIpc) is 3.45. The molecule has 0 aliphatic heterocycles. The zero-order valence-electron chi connectivity index (χ0n) is 19.3. The van der Waals surface area contributed by atoms with Gasteiger partial charge in [0, 0.05) is 32.7 Å². The smallest absolute Gasteiger partial charge is 0.274 e. The van der Waals surface area contributed by atoms with E-state index >= 15 is 0 Å². The number of halogens is 3. The van der Waals surface area contributed by atoms with Crippen molar-refractivity contribution in [2.24, 2.45) is 0 Å². The van der Waals surface area contributed by atoms with Gasteiger partial charge in [0.15, 0.2) is 5.82 Å². The Labute approximate surface area is 229 Å². The first-order valence-electron chi connectivity index (χ1n) is 10.6. The molecule has 8 nitrogen and oxygen atoms in total. The summed E-state index contributed by atoms with van der Waals surface area (Å²) in [5.74, 6) is 0.0118. The third-order valence-corrected chi connectivity index (χ3v) is 6.40. The van der Waals surface area contributed by atoms with Crippen LogP contribution in [0.15, 0.2) is 57.8 Å². The average molecular weight is 609 g/mol. The molecule has 0 aliphatic rings. The quantitative estimate of drug-likeness (QED) is 0.246. The Bertz CT molecular complexity index is 1430. The molecule has 0 radical (unpaired) electrons. The van der Waals surface area contributed by atoms with Crippen molar-refractivity contribution >= 4 is 68.0 Å². The Kier molecular flexibility index (Phi) is 7.70. The maximum absolute atomic E-state index is 13.6. The minimum absolute atomic E-state index is 0.0878. The van der Waals surface area contributed by atoms with Crippen LogP contribution in [-0.2, 0) is 0 Å². The molecule has 186 valence electrons. The lowest BCUT2D eigenvalue weighted by molar-refractivity contribution is 0.0920. The van der Waals surface area contributed by atoms with Crippen molar-refractivity contribution in [2.75, 3.05) is 5.32 Å². The van der Waals surface area contributed by atoms with Crippen LogP contribution in [0, 0.1) is 0 Å². The van der Waals surface area contributed by atoms with E-state index in [9.17, 15) is 9.59 Å². The van der Waals surface area contributed by atoms with Crippen molar-refractivity contribution in [3.05, 3.63) is 79.1 Å². The molecule has 2 N–H and O–H groups in total. The van der Waals surface area contributed by atoms with Gasteiger partial charge in [-0.25, -0.2) is 9.67 Å². The second-order valence-corrected chi connectivity index (χ2v) is 11.1. The molecule has 0 atom stereocenters. The van der Waals surface area contributed by atoms with E-state index in [1.165, 1.54) is 34.3 Å². The first kappa shape index (κ1) is 26.2. The molecule has 3 aromatic heterocycles. The number of pyridine rings is 1. The Morgan fingerprint density at radius 2 is 1.92 bits per heavy atom. The van der Waals surface area contributed by atoms with E-state index in [2.05, 4.69) is 36.6 Å². The highest BCUT2D eigenvalue weighted by Gasteiger charge is 2.25. The van der Waals surface area contributed by atoms with Crippen LogP contribution in [0.25, 0.3) is 5.82 Å². The minimum atomic E-state index is -0.572. The van der Waals surface area contributed by atoms with Crippen molar-refractivity contribution in [1.29, 1.82) is 0 Å². The molecule has 36 heavy (non-hydrogen) atoms. The van der Waals surface area contributed by atoms with Crippen molar-refractivity contribution in [1.82, 2.24) is 20.1 Å². The lowest BCUT2D eigenvalue weighted by atomic mass is 10.1. The fourth-order valence-corrected chi connectivity index (χ4v) is 4.82. The predicted octanol–water partition coefficient (Wildman–Crippen LogP) is 6.97. The summed E-state index contributed by atoms with van der Waals surface area (Å²) in [6.07, 6.45) is 1.54. The molecule has 3 heterocycles. The van der Waals surface area contributed by atoms with Crippen LogP contribution in [-0.4, -0.2) is 32.1 Å². The maximum atomic E-state index is 13.6. The summed E-state index contributed by atoms with van der Waals surface area (Å²) in [6.45, 7) is 5.56. The molecule has 0 unspecified atom stereocenters. The molecule has 12 heteroatoms. The van der Waals surface area contributed by atoms with Gasteiger partial charge in [0.2, 0.25) is 5.88 Å². The van der Waals surface area contributed by atoms with Crippen LogP contribution in [0.3, 0.4) is 0 Å². The van der Waals surface area contributed by atoms with Crippen molar-refractivity contribution in [3.8, 4) is 17.4 Å². The zero-order chi connectivity index (χ0) is 26.0. The Balaban J connectivity index is 1.75. The maximum Gasteiger partial charge on any atom is 0.274 e. The summed E-state index contributed by atoms with van der Waals surface area (Å²) in [7, 11) is 0. The fraction of sp³-hybridized carbons (Fsp3) is 0.167. The van der Waals surface area contributed by atoms with Gasteiger partial charge < -0.3 is 15.4 Å². The Hall–Kier alpha value is -2.92. The molecule has 0 fully saturated rings. The topological polar surface area (TPSA) is 98.1 Å². The molecular formula is C24H20BrCl2N5O3S. The first-order chi connectivity index (χ1) is 17.0. The largest absolute Gasteiger partial charge is 0.437 e. The molecular weight excluding hydrogens is 589 g/mol. The van der Waals surface area contributed by atoms with Crippen molar-refractivity contribution in [3.63, 3.8) is 0 Å². The van der Waals surface area contributed by atoms with Crippen LogP contribution in [0.4, 0.5) is 5.69 Å². The van der Waals surface area contributed by atoms with Crippen LogP contribution in [0.2, 0.25) is 10.0 Å². The van der Waals surface area contributed by atoms with Gasteiger partial charge in [-0.3, -0.25) is 9.59 Å². The number of carbonyl (C=O) groups is 2. The first-order valence-corrected chi connectivity index (χ1v) is 13.0. The number of carbonyl (C=O) groups excluding carboxylic acids is 2. The van der Waals surface area contributed by atoms with Gasteiger partial charge in [-0.1, -0.05) is 23.2 Å². The number of nitrogens with one attached hydrogen (secondary N) is 2. The highest BCUT2D eigenvalue weighted by molar-refractivity contribution is 9.10. The van der Waals surface area contributed by atoms with Gasteiger partial charge >= 0.3 is 0 Å². The van der Waals surface area contributed by atoms with Crippen molar-refractivity contribution in [2.45, 2.75) is 26.3 Å². The molecule has 0 bridgehead atoms. The van der Waals surface area contributed by atoms with Crippen LogP contribution >= 0.6 is 50.5 Å². The normalized spacial score (nSPS) is 11.3. The van der Waals surface area contributed by atoms with Gasteiger partial charge in [0.05, 0.1) is 16.3 Å². The van der Waals surface area contributed by atoms with E-state index in [1.54, 1.807) is 29.6 Å². The third-order valence-electron chi connectivity index (χ3n) is 4.60. The predicted molar refractivity (Wildman–Crippen MR) is 145 cm³/mol. The molecule has 0 saturated heterocycles. The number of hydrogen-bond acceptors (Lipinski definition) is 6. The zero-order valence-corrected chi connectivity index (χ0v) is 23.2. The lowest BCUT2D eigenvalue weighted by Gasteiger charge is -2.22. The number of rotatable bonds is 6. The van der Waals surface area contributed by atoms with E-state index in [0.29, 0.717) is 15.2 Å². The number of amides is 2. The van der Waals surface area contributed by atoms with E-state index < -0.39 is 17.4 Å². The van der Waals surface area contributed by atoms with E-state index in [0.717, 1.165) is 0 Å². The van der Waals surface area contributed by atoms with Gasteiger partial charge in [-0.2, -0.15) is 0 Å². The van der Waals surface area contributed by atoms with Gasteiger partial charge in [-0.05, 0) is 72.4 Å². The van der Waals surface area contributed by atoms with E-state index in [4.69, 9.17) is 27.9 Å². The summed E-state index contributed by atoms with van der Waals surface area (Å²) in [5.41, 5.74) is 0.0144. The minimum Gasteiger partial charge on any atom is -0.437 e. The van der Waals surface area contributed by atoms with Gasteiger partial charge in [0.1, 0.15) is 11.4 Å². The molecule has 4 aromatic rings. The number of ether oxygens (including phenoxy) is 1. The summed E-state index contributed by atoms with van der Waals surface area (Å²) >= 11 is 17.4. The number of hydrogen-bond donors (Lipinski definition) is 2. The molecule has 4 rings (SSSR count). The van der Waals surface area contributed by atoms with Gasteiger partial charge in [-0.15, -0.1) is 16.4 Å². The van der Waals surface area contributed by atoms with Crippen LogP contribution in [0.5, 0.6) is 11.6 Å². The van der Waals surface area contributed by atoms with E-state index in [-0.39, 0.29) is 33.7 Å². The highest BCUT2D eigenvalue weighted by Crippen LogP contribution is 2.33. The molecule has 2 amide bonds. The molecule has 1 aromatic carbocycles. The lowest BCUT2D eigenvalue weighted by Crippen LogP contribution is -2.41. The highest BCUT2D eigenvalue weighted by atomic mass is 79.9. The second kappa shape index (κ2) is 10.6. The summed E-state index contributed by atoms with van der Waals surface area (Å²) < 4.78 is 7.51. The molecule has 0 saturated carbocycles. The number of nitrogens with zero attached hydrogens (tertiary/aromatic N) is 3. The number of aromatic nitrogens is 3. The van der Waals surface area contributed by atoms with Crippen molar-refractivity contribution < 1.29 is 14.3 Å². The number of anilines is 1. The standard InChI is InChI=1S/C24H20BrCl2N5O3S/c1-24(2,3)30-22(33)15-9-13(26)10-16(25)20(15)29-23(34)18-11-19(35-14-6-8-36-12-14)31-32(18)21-17(27)5-4-7-28-21/h4-12H,1-3H3,(H,29,34)(H,30,33). The summed E-state index contributed by atoms with van der Waals surface area (Å²) in [4.78, 5) is 30.8. The monoisotopic (exact) mass is 607 g/mol. The van der Waals surface area contributed by atoms with Crippen LogP contribution in [0.1, 0.15) is 41.6 Å². The SMILES string of the molecule is CC(C)(C)NC(=O)c1cc(Cl)cc(Br)c1NC(=O)c1cc(Oc2ccsc2)nn1-c1ncccc1Cl. The summed E-state index contributed by atoms with van der Waals surface area (Å²) in [6, 6.07) is 9.63. The third kappa shape index (κ3) is 6.07. The fourth-order valence-electron chi connectivity index (χ4n) is 3.16. The Morgan fingerprint density at radius 1 is 1.14 bits per heavy atom.